The van der Waals surface area contributed by atoms with Crippen LogP contribution in [0.2, 0.25) is 0 Å². The number of nitrogens with one attached hydrogen (secondary N) is 2. The quantitative estimate of drug-likeness (QED) is 0.689. The fraction of sp³-hybridized carbons (Fsp3) is 0.385. The number of rotatable bonds is 3. The zero-order valence-corrected chi connectivity index (χ0v) is 13.0. The van der Waals surface area contributed by atoms with Crippen molar-refractivity contribution in [1.82, 2.24) is 5.32 Å². The minimum absolute atomic E-state index is 0.0941. The lowest BCUT2D eigenvalue weighted by atomic mass is 9.85. The molecule has 0 radical (unpaired) electrons. The second-order valence-corrected chi connectivity index (χ2v) is 6.14. The lowest BCUT2D eigenvalue weighted by Gasteiger charge is -2.25. The molecule has 1 aliphatic heterocycles. The Labute approximate surface area is 130 Å². The number of aliphatic carboxylic acids is 1. The number of anilines is 1. The van der Waals surface area contributed by atoms with Gasteiger partial charge in [-0.3, -0.25) is 4.79 Å². The van der Waals surface area contributed by atoms with Crippen molar-refractivity contribution in [3.05, 3.63) is 27.8 Å². The maximum atomic E-state index is 11.9. The van der Waals surface area contributed by atoms with Crippen LogP contribution in [0.3, 0.4) is 0 Å². The fourth-order valence-electron chi connectivity index (χ4n) is 1.94. The summed E-state index contributed by atoms with van der Waals surface area (Å²) in [4.78, 5) is 23.1. The number of carboxylic acid groups (broad SMARTS) is 1. The molecule has 2 atom stereocenters. The minimum Gasteiger partial charge on any atom is -0.481 e. The van der Waals surface area contributed by atoms with E-state index >= 15 is 0 Å². The SMILES string of the molecule is CC1(C(=O)O)COCC1NC(=O)Nc1ccc(I)cc1. The van der Waals surface area contributed by atoms with Crippen molar-refractivity contribution in [2.24, 2.45) is 5.41 Å². The number of halogens is 1. The molecule has 2 rings (SSSR count). The van der Waals surface area contributed by atoms with E-state index in [1.54, 1.807) is 19.1 Å². The summed E-state index contributed by atoms with van der Waals surface area (Å²) in [6.07, 6.45) is 0. The number of hydrogen-bond donors (Lipinski definition) is 3. The molecule has 2 amide bonds. The van der Waals surface area contributed by atoms with Crippen molar-refractivity contribution in [2.75, 3.05) is 18.5 Å². The summed E-state index contributed by atoms with van der Waals surface area (Å²) in [7, 11) is 0. The lowest BCUT2D eigenvalue weighted by molar-refractivity contribution is -0.148. The maximum Gasteiger partial charge on any atom is 0.319 e. The Kier molecular flexibility index (Phi) is 4.48. The van der Waals surface area contributed by atoms with E-state index < -0.39 is 23.5 Å². The number of carbonyl (C=O) groups is 2. The summed E-state index contributed by atoms with van der Waals surface area (Å²) >= 11 is 2.17. The zero-order valence-electron chi connectivity index (χ0n) is 10.9. The van der Waals surface area contributed by atoms with Gasteiger partial charge in [0.1, 0.15) is 5.41 Å². The third-order valence-electron chi connectivity index (χ3n) is 3.35. The van der Waals surface area contributed by atoms with E-state index in [0.29, 0.717) is 5.69 Å². The minimum atomic E-state index is -1.09. The fourth-order valence-corrected chi connectivity index (χ4v) is 2.30. The van der Waals surface area contributed by atoms with Crippen molar-refractivity contribution in [1.29, 1.82) is 0 Å². The molecule has 0 saturated carbocycles. The monoisotopic (exact) mass is 390 g/mol. The van der Waals surface area contributed by atoms with Gasteiger partial charge >= 0.3 is 12.0 Å². The van der Waals surface area contributed by atoms with Gasteiger partial charge in [0.2, 0.25) is 0 Å². The molecule has 1 fully saturated rings. The van der Waals surface area contributed by atoms with Gasteiger partial charge in [-0.05, 0) is 53.8 Å². The van der Waals surface area contributed by atoms with Crippen LogP contribution in [-0.2, 0) is 9.53 Å². The number of amides is 2. The Morgan fingerprint density at radius 1 is 1.40 bits per heavy atom. The van der Waals surface area contributed by atoms with Crippen LogP contribution in [0.1, 0.15) is 6.92 Å². The number of benzene rings is 1. The van der Waals surface area contributed by atoms with Crippen LogP contribution in [0, 0.1) is 8.99 Å². The Morgan fingerprint density at radius 2 is 2.05 bits per heavy atom. The van der Waals surface area contributed by atoms with E-state index in [1.807, 2.05) is 12.1 Å². The summed E-state index contributed by atoms with van der Waals surface area (Å²) in [5.41, 5.74) is -0.442. The first-order chi connectivity index (χ1) is 9.41. The first-order valence-electron chi connectivity index (χ1n) is 6.06. The highest BCUT2D eigenvalue weighted by Gasteiger charge is 2.47. The Morgan fingerprint density at radius 3 is 2.65 bits per heavy atom. The summed E-state index contributed by atoms with van der Waals surface area (Å²) in [6.45, 7) is 1.86. The van der Waals surface area contributed by atoms with Gasteiger partial charge in [-0.2, -0.15) is 0 Å². The van der Waals surface area contributed by atoms with E-state index in [9.17, 15) is 14.7 Å². The highest BCUT2D eigenvalue weighted by atomic mass is 127. The first kappa shape index (κ1) is 15.0. The third kappa shape index (κ3) is 3.21. The van der Waals surface area contributed by atoms with Crippen LogP contribution < -0.4 is 10.6 Å². The molecule has 7 heteroatoms. The van der Waals surface area contributed by atoms with E-state index in [-0.39, 0.29) is 13.2 Å². The molecule has 1 aromatic carbocycles. The van der Waals surface area contributed by atoms with Crippen LogP contribution in [0.5, 0.6) is 0 Å². The molecule has 1 aliphatic rings. The molecule has 20 heavy (non-hydrogen) atoms. The second kappa shape index (κ2) is 5.96. The van der Waals surface area contributed by atoms with Crippen molar-refractivity contribution < 1.29 is 19.4 Å². The van der Waals surface area contributed by atoms with Gasteiger partial charge in [0, 0.05) is 9.26 Å². The van der Waals surface area contributed by atoms with Crippen LogP contribution in [0.25, 0.3) is 0 Å². The highest BCUT2D eigenvalue weighted by Crippen LogP contribution is 2.28. The Bertz CT molecular complexity index is 520. The van der Waals surface area contributed by atoms with E-state index in [2.05, 4.69) is 33.2 Å². The predicted octanol–water partition coefficient (Wildman–Crippen LogP) is 1.90. The Hall–Kier alpha value is -1.35. The van der Waals surface area contributed by atoms with Crippen LogP contribution in [0.15, 0.2) is 24.3 Å². The molecule has 0 bridgehead atoms. The molecule has 1 saturated heterocycles. The lowest BCUT2D eigenvalue weighted by Crippen LogP contribution is -2.50. The van der Waals surface area contributed by atoms with Crippen LogP contribution in [0.4, 0.5) is 10.5 Å². The molecule has 0 aromatic heterocycles. The molecular formula is C13H15IN2O4. The molecule has 3 N–H and O–H groups in total. The molecule has 108 valence electrons. The van der Waals surface area contributed by atoms with Gasteiger partial charge in [0.05, 0.1) is 19.3 Å². The maximum absolute atomic E-state index is 11.9. The summed E-state index contributed by atoms with van der Waals surface area (Å²) in [6, 6.07) is 6.32. The van der Waals surface area contributed by atoms with Crippen molar-refractivity contribution >= 4 is 40.3 Å². The summed E-state index contributed by atoms with van der Waals surface area (Å²) in [5.74, 6) is -0.977. The number of urea groups is 1. The normalized spacial score (nSPS) is 25.2. The number of carboxylic acids is 1. The smallest absolute Gasteiger partial charge is 0.319 e. The van der Waals surface area contributed by atoms with Gasteiger partial charge < -0.3 is 20.5 Å². The average Bonchev–Trinajstić information content (AvgIpc) is 2.75. The second-order valence-electron chi connectivity index (χ2n) is 4.90. The number of ether oxygens (including phenoxy) is 1. The van der Waals surface area contributed by atoms with Crippen LogP contribution >= 0.6 is 22.6 Å². The van der Waals surface area contributed by atoms with Crippen molar-refractivity contribution in [2.45, 2.75) is 13.0 Å². The third-order valence-corrected chi connectivity index (χ3v) is 4.07. The molecule has 2 unspecified atom stereocenters. The average molecular weight is 390 g/mol. The molecule has 1 aromatic rings. The first-order valence-corrected chi connectivity index (χ1v) is 7.14. The predicted molar refractivity (Wildman–Crippen MR) is 81.7 cm³/mol. The van der Waals surface area contributed by atoms with E-state index in [0.717, 1.165) is 3.57 Å². The summed E-state index contributed by atoms with van der Waals surface area (Å²) < 4.78 is 6.24. The standard InChI is InChI=1S/C13H15IN2O4/c1-13(11(17)18)7-20-6-10(13)16-12(19)15-9-4-2-8(14)3-5-9/h2-5,10H,6-7H2,1H3,(H,17,18)(H2,15,16,19). The van der Waals surface area contributed by atoms with Gasteiger partial charge in [-0.1, -0.05) is 0 Å². The van der Waals surface area contributed by atoms with E-state index in [4.69, 9.17) is 4.74 Å². The van der Waals surface area contributed by atoms with Gasteiger partial charge in [0.25, 0.3) is 0 Å². The number of hydrogen-bond acceptors (Lipinski definition) is 3. The highest BCUT2D eigenvalue weighted by molar-refractivity contribution is 14.1. The largest absolute Gasteiger partial charge is 0.481 e. The molecule has 6 nitrogen and oxygen atoms in total. The Balaban J connectivity index is 1.98. The van der Waals surface area contributed by atoms with Gasteiger partial charge in [0.15, 0.2) is 0 Å². The van der Waals surface area contributed by atoms with Gasteiger partial charge in [-0.25, -0.2) is 4.79 Å². The summed E-state index contributed by atoms with van der Waals surface area (Å²) in [5, 5.41) is 14.6. The van der Waals surface area contributed by atoms with Gasteiger partial charge in [-0.15, -0.1) is 0 Å². The number of carbonyl (C=O) groups excluding carboxylic acids is 1. The van der Waals surface area contributed by atoms with Crippen molar-refractivity contribution in [3.63, 3.8) is 0 Å². The molecule has 1 heterocycles. The van der Waals surface area contributed by atoms with Crippen molar-refractivity contribution in [3.8, 4) is 0 Å². The van der Waals surface area contributed by atoms with E-state index in [1.165, 1.54) is 0 Å². The zero-order chi connectivity index (χ0) is 14.8. The molecule has 0 aliphatic carbocycles. The van der Waals surface area contributed by atoms with Crippen LogP contribution in [-0.4, -0.2) is 36.4 Å². The molecule has 0 spiro atoms. The molecular weight excluding hydrogens is 375 g/mol. The topological polar surface area (TPSA) is 87.7 Å².